The van der Waals surface area contributed by atoms with E-state index in [4.69, 9.17) is 4.74 Å². The number of hydrogen-bond acceptors (Lipinski definition) is 3. The molecule has 2 rings (SSSR count). The van der Waals surface area contributed by atoms with Gasteiger partial charge in [-0.3, -0.25) is 0 Å². The van der Waals surface area contributed by atoms with Crippen molar-refractivity contribution >= 4 is 5.97 Å². The molecule has 0 N–H and O–H groups in total. The molecular formula is C9H13O3-. The standard InChI is InChI=1S/C9H14O3/c1-9(8(10)11,6-2-3-6)12-7-4-5-7/h6-7H,2-5H2,1H3,(H,10,11)/p-1. The molecule has 0 saturated heterocycles. The molecule has 1 unspecified atom stereocenters. The van der Waals surface area contributed by atoms with Gasteiger partial charge in [-0.1, -0.05) is 0 Å². The third-order valence-electron chi connectivity index (χ3n) is 2.70. The number of carbonyl (C=O) groups excluding carboxylic acids is 1. The average Bonchev–Trinajstić information content (AvgIpc) is 2.83. The van der Waals surface area contributed by atoms with Crippen LogP contribution in [0.15, 0.2) is 0 Å². The molecule has 1 atom stereocenters. The first-order chi connectivity index (χ1) is 5.63. The lowest BCUT2D eigenvalue weighted by Crippen LogP contribution is -2.50. The average molecular weight is 169 g/mol. The SMILES string of the molecule is CC(OC1CC1)(C(=O)[O-])C1CC1. The minimum Gasteiger partial charge on any atom is -0.547 e. The molecule has 0 aromatic heterocycles. The zero-order valence-corrected chi connectivity index (χ0v) is 7.21. The Balaban J connectivity index is 2.02. The molecule has 2 aliphatic carbocycles. The van der Waals surface area contributed by atoms with Crippen LogP contribution in [0, 0.1) is 5.92 Å². The van der Waals surface area contributed by atoms with Gasteiger partial charge in [-0.2, -0.15) is 0 Å². The summed E-state index contributed by atoms with van der Waals surface area (Å²) >= 11 is 0. The summed E-state index contributed by atoms with van der Waals surface area (Å²) in [5.74, 6) is -0.847. The van der Waals surface area contributed by atoms with Crippen molar-refractivity contribution < 1.29 is 14.6 Å². The van der Waals surface area contributed by atoms with E-state index in [2.05, 4.69) is 0 Å². The largest absolute Gasteiger partial charge is 0.547 e. The highest BCUT2D eigenvalue weighted by Crippen LogP contribution is 2.44. The summed E-state index contributed by atoms with van der Waals surface area (Å²) in [4.78, 5) is 10.8. The van der Waals surface area contributed by atoms with E-state index >= 15 is 0 Å². The Hall–Kier alpha value is -0.570. The molecule has 3 nitrogen and oxygen atoms in total. The molecular weight excluding hydrogens is 156 g/mol. The molecule has 0 radical (unpaired) electrons. The minimum atomic E-state index is -1.04. The number of rotatable bonds is 4. The summed E-state index contributed by atoms with van der Waals surface area (Å²) < 4.78 is 5.47. The number of aliphatic carboxylic acids is 1. The smallest absolute Gasteiger partial charge is 0.108 e. The van der Waals surface area contributed by atoms with Crippen molar-refractivity contribution in [3.8, 4) is 0 Å². The van der Waals surface area contributed by atoms with Crippen molar-refractivity contribution in [2.75, 3.05) is 0 Å². The predicted molar refractivity (Wildman–Crippen MR) is 40.2 cm³/mol. The van der Waals surface area contributed by atoms with Gasteiger partial charge in [-0.05, 0) is 38.5 Å². The highest BCUT2D eigenvalue weighted by Gasteiger charge is 2.46. The fourth-order valence-corrected chi connectivity index (χ4v) is 1.48. The third kappa shape index (κ3) is 1.33. The van der Waals surface area contributed by atoms with Crippen LogP contribution in [0.5, 0.6) is 0 Å². The summed E-state index contributed by atoms with van der Waals surface area (Å²) in [6, 6.07) is 0. The molecule has 2 fully saturated rings. The van der Waals surface area contributed by atoms with Crippen LogP contribution in [-0.2, 0) is 9.53 Å². The molecule has 0 aliphatic heterocycles. The first-order valence-corrected chi connectivity index (χ1v) is 4.52. The molecule has 2 saturated carbocycles. The van der Waals surface area contributed by atoms with Crippen LogP contribution in [0.3, 0.4) is 0 Å². The van der Waals surface area contributed by atoms with Crippen molar-refractivity contribution in [2.24, 2.45) is 5.92 Å². The maximum Gasteiger partial charge on any atom is 0.108 e. The highest BCUT2D eigenvalue weighted by atomic mass is 16.5. The Bertz CT molecular complexity index is 206. The molecule has 2 aliphatic rings. The second-order valence-corrected chi connectivity index (χ2v) is 3.99. The second-order valence-electron chi connectivity index (χ2n) is 3.99. The summed E-state index contributed by atoms with van der Waals surface area (Å²) in [6.45, 7) is 1.65. The van der Waals surface area contributed by atoms with Gasteiger partial charge >= 0.3 is 0 Å². The van der Waals surface area contributed by atoms with Crippen molar-refractivity contribution in [3.63, 3.8) is 0 Å². The van der Waals surface area contributed by atoms with E-state index in [0.717, 1.165) is 25.7 Å². The maximum atomic E-state index is 10.8. The molecule has 0 heterocycles. The molecule has 12 heavy (non-hydrogen) atoms. The summed E-state index contributed by atoms with van der Waals surface area (Å²) in [6.07, 6.45) is 4.15. The van der Waals surface area contributed by atoms with Crippen LogP contribution in [0.4, 0.5) is 0 Å². The summed E-state index contributed by atoms with van der Waals surface area (Å²) in [5, 5.41) is 10.8. The third-order valence-corrected chi connectivity index (χ3v) is 2.70. The molecule has 0 aromatic rings. The van der Waals surface area contributed by atoms with Gasteiger partial charge in [0.2, 0.25) is 0 Å². The van der Waals surface area contributed by atoms with Crippen molar-refractivity contribution in [1.82, 2.24) is 0 Å². The monoisotopic (exact) mass is 169 g/mol. The van der Waals surface area contributed by atoms with Gasteiger partial charge in [0.1, 0.15) is 5.60 Å². The summed E-state index contributed by atoms with van der Waals surface area (Å²) in [7, 11) is 0. The van der Waals surface area contributed by atoms with Crippen molar-refractivity contribution in [3.05, 3.63) is 0 Å². The highest BCUT2D eigenvalue weighted by molar-refractivity contribution is 5.75. The van der Waals surface area contributed by atoms with E-state index in [1.54, 1.807) is 6.92 Å². The summed E-state index contributed by atoms with van der Waals surface area (Å²) in [5.41, 5.74) is -0.999. The normalized spacial score (nSPS) is 28.1. The van der Waals surface area contributed by atoms with Gasteiger partial charge in [0.05, 0.1) is 12.1 Å². The minimum absolute atomic E-state index is 0.188. The quantitative estimate of drug-likeness (QED) is 0.599. The number of ether oxygens (including phenoxy) is 1. The van der Waals surface area contributed by atoms with E-state index in [1.807, 2.05) is 0 Å². The van der Waals surface area contributed by atoms with E-state index in [9.17, 15) is 9.90 Å². The van der Waals surface area contributed by atoms with Crippen LogP contribution in [0.1, 0.15) is 32.6 Å². The molecule has 68 valence electrons. The van der Waals surface area contributed by atoms with Gasteiger partial charge in [0, 0.05) is 0 Å². The molecule has 0 bridgehead atoms. The number of carboxylic acid groups (broad SMARTS) is 1. The number of carboxylic acids is 1. The van der Waals surface area contributed by atoms with Gasteiger partial charge in [0.15, 0.2) is 0 Å². The van der Waals surface area contributed by atoms with Gasteiger partial charge in [0.25, 0.3) is 0 Å². The van der Waals surface area contributed by atoms with Crippen molar-refractivity contribution in [1.29, 1.82) is 0 Å². The molecule has 0 amide bonds. The Labute approximate surface area is 71.7 Å². The molecule has 0 aromatic carbocycles. The van der Waals surface area contributed by atoms with E-state index in [0.29, 0.717) is 0 Å². The Morgan fingerprint density at radius 3 is 2.33 bits per heavy atom. The maximum absolute atomic E-state index is 10.8. The zero-order chi connectivity index (χ0) is 8.77. The first-order valence-electron chi connectivity index (χ1n) is 4.52. The zero-order valence-electron chi connectivity index (χ0n) is 7.21. The number of hydrogen-bond donors (Lipinski definition) is 0. The Kier molecular flexibility index (Phi) is 1.65. The van der Waals surface area contributed by atoms with Crippen LogP contribution in [0.2, 0.25) is 0 Å². The van der Waals surface area contributed by atoms with E-state index in [-0.39, 0.29) is 12.0 Å². The van der Waals surface area contributed by atoms with Crippen LogP contribution in [-0.4, -0.2) is 17.7 Å². The van der Waals surface area contributed by atoms with E-state index < -0.39 is 11.6 Å². The van der Waals surface area contributed by atoms with Crippen LogP contribution >= 0.6 is 0 Å². The first kappa shape index (κ1) is 8.05. The lowest BCUT2D eigenvalue weighted by atomic mass is 10.0. The van der Waals surface area contributed by atoms with Gasteiger partial charge in [-0.25, -0.2) is 0 Å². The molecule has 3 heteroatoms. The lowest BCUT2D eigenvalue weighted by molar-refractivity contribution is -0.328. The Morgan fingerprint density at radius 2 is 2.00 bits per heavy atom. The fraction of sp³-hybridized carbons (Fsp3) is 0.889. The van der Waals surface area contributed by atoms with Crippen LogP contribution < -0.4 is 5.11 Å². The molecule has 0 spiro atoms. The van der Waals surface area contributed by atoms with Crippen LogP contribution in [0.25, 0.3) is 0 Å². The van der Waals surface area contributed by atoms with Gasteiger partial charge in [-0.15, -0.1) is 0 Å². The predicted octanol–water partition coefficient (Wildman–Crippen LogP) is 0.0840. The van der Waals surface area contributed by atoms with Gasteiger partial charge < -0.3 is 14.6 Å². The lowest BCUT2D eigenvalue weighted by Gasteiger charge is -2.31. The second kappa shape index (κ2) is 2.46. The topological polar surface area (TPSA) is 49.4 Å². The fourth-order valence-electron chi connectivity index (χ4n) is 1.48. The van der Waals surface area contributed by atoms with Crippen molar-refractivity contribution in [2.45, 2.75) is 44.3 Å². The van der Waals surface area contributed by atoms with E-state index in [1.165, 1.54) is 0 Å². The number of carbonyl (C=O) groups is 1. The Morgan fingerprint density at radius 1 is 1.42 bits per heavy atom.